The molecule has 1 aliphatic rings. The van der Waals surface area contributed by atoms with Crippen LogP contribution in [0.1, 0.15) is 18.4 Å². The summed E-state index contributed by atoms with van der Waals surface area (Å²) in [5, 5.41) is 3.76. The van der Waals surface area contributed by atoms with Gasteiger partial charge < -0.3 is 19.4 Å². The van der Waals surface area contributed by atoms with Gasteiger partial charge in [-0.3, -0.25) is 9.59 Å². The summed E-state index contributed by atoms with van der Waals surface area (Å²) < 4.78 is 10.6. The third kappa shape index (κ3) is 3.64. The van der Waals surface area contributed by atoms with E-state index in [1.165, 1.54) is 4.90 Å². The van der Waals surface area contributed by atoms with Crippen LogP contribution in [0, 0.1) is 0 Å². The largest absolute Gasteiger partial charge is 0.497 e. The van der Waals surface area contributed by atoms with Gasteiger partial charge in [-0.05, 0) is 25.0 Å². The fourth-order valence-corrected chi connectivity index (χ4v) is 2.43. The van der Waals surface area contributed by atoms with Gasteiger partial charge in [0.05, 0.1) is 26.3 Å². The van der Waals surface area contributed by atoms with Crippen molar-refractivity contribution in [3.05, 3.63) is 30.0 Å². The van der Waals surface area contributed by atoms with Crippen molar-refractivity contribution in [3.63, 3.8) is 0 Å². The molecule has 1 fully saturated rings. The molecule has 1 saturated carbocycles. The molecule has 1 aromatic carbocycles. The number of furan rings is 1. The molecule has 0 atom stereocenters. The summed E-state index contributed by atoms with van der Waals surface area (Å²) in [6.07, 6.45) is 3.86. The number of amides is 2. The molecular weight excluding hydrogens is 296 g/mol. The smallest absolute Gasteiger partial charge is 0.239 e. The molecule has 1 aromatic heterocycles. The molecule has 1 aliphatic carbocycles. The predicted octanol–water partition coefficient (Wildman–Crippen LogP) is 1.72. The van der Waals surface area contributed by atoms with E-state index in [9.17, 15) is 9.59 Å². The number of carbonyl (C=O) groups excluding carboxylic acids is 2. The highest BCUT2D eigenvalue weighted by Gasteiger charge is 2.24. The van der Waals surface area contributed by atoms with Crippen LogP contribution in [0.3, 0.4) is 0 Å². The Balaban J connectivity index is 1.63. The van der Waals surface area contributed by atoms with Gasteiger partial charge in [0.1, 0.15) is 11.3 Å². The lowest BCUT2D eigenvalue weighted by Crippen LogP contribution is -2.39. The normalized spacial score (nSPS) is 13.8. The number of methoxy groups -OCH3 is 1. The second-order valence-corrected chi connectivity index (χ2v) is 5.89. The second-order valence-electron chi connectivity index (χ2n) is 5.89. The Morgan fingerprint density at radius 3 is 2.87 bits per heavy atom. The second kappa shape index (κ2) is 6.32. The van der Waals surface area contributed by atoms with Crippen molar-refractivity contribution in [1.82, 2.24) is 10.2 Å². The van der Waals surface area contributed by atoms with Gasteiger partial charge in [-0.15, -0.1) is 0 Å². The molecule has 0 saturated heterocycles. The van der Waals surface area contributed by atoms with E-state index in [1.54, 1.807) is 26.5 Å². The average Bonchev–Trinajstić information content (AvgIpc) is 3.26. The van der Waals surface area contributed by atoms with Crippen molar-refractivity contribution >= 4 is 22.8 Å². The minimum atomic E-state index is -0.116. The number of nitrogens with zero attached hydrogens (tertiary/aromatic N) is 1. The monoisotopic (exact) mass is 316 g/mol. The van der Waals surface area contributed by atoms with Gasteiger partial charge in [0.25, 0.3) is 0 Å². The number of ether oxygens (including phenoxy) is 1. The van der Waals surface area contributed by atoms with Gasteiger partial charge in [0, 0.05) is 30.1 Å². The Hall–Kier alpha value is -2.50. The van der Waals surface area contributed by atoms with Crippen LogP contribution in [-0.4, -0.2) is 43.5 Å². The molecule has 2 aromatic rings. The molecule has 1 N–H and O–H groups in total. The molecule has 6 nitrogen and oxygen atoms in total. The fraction of sp³-hybridized carbons (Fsp3) is 0.412. The van der Waals surface area contributed by atoms with E-state index in [1.807, 2.05) is 12.1 Å². The van der Waals surface area contributed by atoms with Crippen LogP contribution in [-0.2, 0) is 16.0 Å². The van der Waals surface area contributed by atoms with Gasteiger partial charge in [-0.1, -0.05) is 0 Å². The minimum absolute atomic E-state index is 0.0823. The van der Waals surface area contributed by atoms with Crippen molar-refractivity contribution in [2.75, 3.05) is 20.7 Å². The van der Waals surface area contributed by atoms with Crippen LogP contribution in [0.5, 0.6) is 5.75 Å². The molecule has 0 bridgehead atoms. The number of benzene rings is 1. The third-order valence-corrected chi connectivity index (χ3v) is 3.95. The van der Waals surface area contributed by atoms with Gasteiger partial charge in [-0.25, -0.2) is 0 Å². The first-order chi connectivity index (χ1) is 11.1. The number of hydrogen-bond acceptors (Lipinski definition) is 4. The Labute approximate surface area is 134 Å². The van der Waals surface area contributed by atoms with Crippen LogP contribution in [0.25, 0.3) is 11.0 Å². The van der Waals surface area contributed by atoms with E-state index >= 15 is 0 Å². The summed E-state index contributed by atoms with van der Waals surface area (Å²) in [6.45, 7) is 0.0823. The number of nitrogens with one attached hydrogen (secondary N) is 1. The maximum Gasteiger partial charge on any atom is 0.239 e. The molecule has 3 rings (SSSR count). The SMILES string of the molecule is COc1ccc2c(CC(=O)N(C)CC(=O)NC3CC3)coc2c1. The van der Waals surface area contributed by atoms with Crippen molar-refractivity contribution in [3.8, 4) is 5.75 Å². The number of likely N-dealkylation sites (N-methyl/N-ethyl adjacent to an activating group) is 1. The number of carbonyl (C=O) groups is 2. The van der Waals surface area contributed by atoms with E-state index in [0.29, 0.717) is 17.4 Å². The molecule has 0 unspecified atom stereocenters. The maximum atomic E-state index is 12.3. The first kappa shape index (κ1) is 15.4. The average molecular weight is 316 g/mol. The van der Waals surface area contributed by atoms with E-state index in [-0.39, 0.29) is 24.8 Å². The lowest BCUT2D eigenvalue weighted by atomic mass is 10.1. The van der Waals surface area contributed by atoms with Crippen LogP contribution >= 0.6 is 0 Å². The highest BCUT2D eigenvalue weighted by atomic mass is 16.5. The third-order valence-electron chi connectivity index (χ3n) is 3.95. The summed E-state index contributed by atoms with van der Waals surface area (Å²) in [4.78, 5) is 25.5. The summed E-state index contributed by atoms with van der Waals surface area (Å²) in [5.74, 6) is 0.484. The molecule has 0 spiro atoms. The first-order valence-electron chi connectivity index (χ1n) is 7.64. The maximum absolute atomic E-state index is 12.3. The summed E-state index contributed by atoms with van der Waals surface area (Å²) in [6, 6.07) is 5.80. The highest BCUT2D eigenvalue weighted by molar-refractivity contribution is 5.90. The number of rotatable bonds is 6. The summed E-state index contributed by atoms with van der Waals surface area (Å²) in [5.41, 5.74) is 1.49. The number of fused-ring (bicyclic) bond motifs is 1. The molecule has 0 aliphatic heterocycles. The quantitative estimate of drug-likeness (QED) is 0.881. The Morgan fingerprint density at radius 2 is 2.17 bits per heavy atom. The molecular formula is C17H20N2O4. The van der Waals surface area contributed by atoms with E-state index in [2.05, 4.69) is 5.32 Å². The Morgan fingerprint density at radius 1 is 1.39 bits per heavy atom. The lowest BCUT2D eigenvalue weighted by Gasteiger charge is -2.16. The van der Waals surface area contributed by atoms with Gasteiger partial charge in [0.15, 0.2) is 0 Å². The van der Waals surface area contributed by atoms with Crippen LogP contribution in [0.4, 0.5) is 0 Å². The zero-order valence-corrected chi connectivity index (χ0v) is 13.3. The molecule has 0 radical (unpaired) electrons. The summed E-state index contributed by atoms with van der Waals surface area (Å²) in [7, 11) is 3.23. The molecule has 23 heavy (non-hydrogen) atoms. The Bertz CT molecular complexity index is 733. The van der Waals surface area contributed by atoms with Crippen LogP contribution in [0.15, 0.2) is 28.9 Å². The zero-order chi connectivity index (χ0) is 16.4. The van der Waals surface area contributed by atoms with Crippen molar-refractivity contribution in [2.45, 2.75) is 25.3 Å². The van der Waals surface area contributed by atoms with Gasteiger partial charge in [0.2, 0.25) is 11.8 Å². The standard InChI is InChI=1S/C17H20N2O4/c1-19(9-16(20)18-12-3-4-12)17(21)7-11-10-23-15-8-13(22-2)5-6-14(11)15/h5-6,8,10,12H,3-4,7,9H2,1-2H3,(H,18,20). The van der Waals surface area contributed by atoms with E-state index in [4.69, 9.17) is 9.15 Å². The topological polar surface area (TPSA) is 71.8 Å². The van der Waals surface area contributed by atoms with E-state index in [0.717, 1.165) is 23.8 Å². The van der Waals surface area contributed by atoms with Crippen molar-refractivity contribution < 1.29 is 18.7 Å². The first-order valence-corrected chi connectivity index (χ1v) is 7.64. The minimum Gasteiger partial charge on any atom is -0.497 e. The zero-order valence-electron chi connectivity index (χ0n) is 13.3. The predicted molar refractivity (Wildman–Crippen MR) is 85.3 cm³/mol. The van der Waals surface area contributed by atoms with Crippen molar-refractivity contribution in [2.24, 2.45) is 0 Å². The van der Waals surface area contributed by atoms with Gasteiger partial charge in [-0.2, -0.15) is 0 Å². The van der Waals surface area contributed by atoms with Crippen molar-refractivity contribution in [1.29, 1.82) is 0 Å². The van der Waals surface area contributed by atoms with E-state index < -0.39 is 0 Å². The van der Waals surface area contributed by atoms with Crippen LogP contribution < -0.4 is 10.1 Å². The lowest BCUT2D eigenvalue weighted by molar-refractivity contribution is -0.134. The number of hydrogen-bond donors (Lipinski definition) is 1. The molecule has 6 heteroatoms. The fourth-order valence-electron chi connectivity index (χ4n) is 2.43. The Kier molecular flexibility index (Phi) is 4.23. The van der Waals surface area contributed by atoms with Gasteiger partial charge >= 0.3 is 0 Å². The highest BCUT2D eigenvalue weighted by Crippen LogP contribution is 2.26. The summed E-state index contributed by atoms with van der Waals surface area (Å²) >= 11 is 0. The van der Waals surface area contributed by atoms with Crippen LogP contribution in [0.2, 0.25) is 0 Å². The molecule has 1 heterocycles. The molecule has 122 valence electrons. The molecule has 2 amide bonds.